The van der Waals surface area contributed by atoms with E-state index in [0.29, 0.717) is 15.5 Å². The van der Waals surface area contributed by atoms with Gasteiger partial charge in [-0.05, 0) is 0 Å². The van der Waals surface area contributed by atoms with Crippen molar-refractivity contribution in [2.24, 2.45) is 0 Å². The number of allylic oxidation sites excluding steroid dienone is 1. The van der Waals surface area contributed by atoms with Gasteiger partial charge in [0.05, 0.1) is 0 Å². The Kier molecular flexibility index (Phi) is 6.77. The van der Waals surface area contributed by atoms with Crippen molar-refractivity contribution in [2.45, 2.75) is 63.4 Å². The molecule has 0 aliphatic heterocycles. The molecule has 143 valence electrons. The molecule has 1 atom stereocenters. The van der Waals surface area contributed by atoms with E-state index >= 15 is 0 Å². The van der Waals surface area contributed by atoms with E-state index in [1.54, 1.807) is 0 Å². The molecule has 0 heterocycles. The molecule has 2 aromatic carbocycles. The summed E-state index contributed by atoms with van der Waals surface area (Å²) in [6.07, 6.45) is 3.40. The second kappa shape index (κ2) is 8.56. The fraction of sp³-hybridized carbons (Fsp3) is 0.417. The van der Waals surface area contributed by atoms with Crippen molar-refractivity contribution in [1.82, 2.24) is 0 Å². The van der Waals surface area contributed by atoms with Gasteiger partial charge in [-0.25, -0.2) is 0 Å². The Labute approximate surface area is 179 Å². The van der Waals surface area contributed by atoms with E-state index in [0.717, 1.165) is 6.42 Å². The average molecular weight is 480 g/mol. The second-order valence-electron chi connectivity index (χ2n) is 8.25. The van der Waals surface area contributed by atoms with E-state index < -0.39 is 19.4 Å². The monoisotopic (exact) mass is 477 g/mol. The molecule has 27 heavy (non-hydrogen) atoms. The maximum absolute atomic E-state index is 6.58. The molecule has 0 spiro atoms. The van der Waals surface area contributed by atoms with Crippen molar-refractivity contribution >= 4 is 23.1 Å². The summed E-state index contributed by atoms with van der Waals surface area (Å²) < 4.78 is 0.299. The van der Waals surface area contributed by atoms with Gasteiger partial charge in [-0.2, -0.15) is 0 Å². The Morgan fingerprint density at radius 1 is 0.963 bits per heavy atom. The Balaban J connectivity index is 2.27. The summed E-state index contributed by atoms with van der Waals surface area (Å²) in [5.41, 5.74) is 11.0. The summed E-state index contributed by atoms with van der Waals surface area (Å²) in [6.45, 7) is 13.5. The minimum atomic E-state index is -2.44. The molecule has 0 N–H and O–H groups in total. The molecule has 1 unspecified atom stereocenters. The van der Waals surface area contributed by atoms with Gasteiger partial charge >= 0.3 is 181 Å². The van der Waals surface area contributed by atoms with Gasteiger partial charge in [-0.1, -0.05) is 0 Å². The molecule has 0 saturated carbocycles. The first kappa shape index (κ1) is 21.4. The normalized spacial score (nSPS) is 16.1. The van der Waals surface area contributed by atoms with Crippen LogP contribution in [0.25, 0.3) is 17.2 Å². The molecule has 0 saturated heterocycles. The zero-order chi connectivity index (χ0) is 19.9. The third kappa shape index (κ3) is 4.17. The van der Waals surface area contributed by atoms with Gasteiger partial charge in [0.25, 0.3) is 0 Å². The van der Waals surface area contributed by atoms with Crippen LogP contribution in [0, 0.1) is 6.92 Å². The van der Waals surface area contributed by atoms with Gasteiger partial charge in [-0.15, -0.1) is 0 Å². The van der Waals surface area contributed by atoms with Crippen LogP contribution in [-0.4, -0.2) is 0 Å². The van der Waals surface area contributed by atoms with E-state index in [9.17, 15) is 0 Å². The van der Waals surface area contributed by atoms with Crippen LogP contribution in [0.15, 0.2) is 35.9 Å². The second-order valence-corrected chi connectivity index (χ2v) is 17.1. The molecule has 0 nitrogen and oxygen atoms in total. The molecule has 0 radical (unpaired) electrons. The van der Waals surface area contributed by atoms with Gasteiger partial charge in [0.2, 0.25) is 0 Å². The van der Waals surface area contributed by atoms with Crippen molar-refractivity contribution in [2.75, 3.05) is 0 Å². The minimum absolute atomic E-state index is 0.299. The third-order valence-corrected chi connectivity index (χ3v) is 11.1. The molecule has 1 aliphatic rings. The molecule has 0 aromatic heterocycles. The summed E-state index contributed by atoms with van der Waals surface area (Å²) in [5.74, 6) is 1.03. The number of rotatable bonds is 5. The van der Waals surface area contributed by atoms with E-state index in [-0.39, 0.29) is 0 Å². The standard InChI is InChI=1S/C24H29.2ClH.Zr/c1-7-18-10-19-9-8-17(6)24(23(19)11-18)22-13-20(15(2)3)12-21(14-22)16(4)5;;;/h8-16H,7H2,1-6H3;2*1H;/q;;;+2/p-2. The molecule has 3 heteroatoms. The zero-order valence-corrected chi connectivity index (χ0v) is 21.1. The molecule has 3 rings (SSSR count). The molecule has 0 bridgehead atoms. The summed E-state index contributed by atoms with van der Waals surface area (Å²) >= 11 is -2.44. The van der Waals surface area contributed by atoms with Crippen LogP contribution in [0.2, 0.25) is 0 Å². The van der Waals surface area contributed by atoms with Crippen molar-refractivity contribution in [1.29, 1.82) is 0 Å². The fourth-order valence-electron chi connectivity index (χ4n) is 4.05. The van der Waals surface area contributed by atoms with Crippen LogP contribution in [0.5, 0.6) is 0 Å². The molecular weight excluding hydrogens is 450 g/mol. The first-order valence-corrected chi connectivity index (χ1v) is 17.7. The predicted octanol–water partition coefficient (Wildman–Crippen LogP) is 8.68. The number of hydrogen-bond donors (Lipinski definition) is 0. The predicted molar refractivity (Wildman–Crippen MR) is 118 cm³/mol. The molecule has 0 fully saturated rings. The SMILES string of the molecule is CCC1=Cc2c(ccc(C)c2-c2cc(C(C)C)cc(C(C)C)c2)[CH]1[Zr]([Cl])[Cl]. The van der Waals surface area contributed by atoms with Gasteiger partial charge in [0, 0.05) is 0 Å². The molecular formula is C24H29Cl2Zr. The van der Waals surface area contributed by atoms with Crippen LogP contribution in [0.3, 0.4) is 0 Å². The Morgan fingerprint density at radius 3 is 2.04 bits per heavy atom. The molecule has 0 amide bonds. The van der Waals surface area contributed by atoms with Crippen LogP contribution in [0.1, 0.15) is 84.3 Å². The third-order valence-electron chi connectivity index (χ3n) is 5.73. The summed E-state index contributed by atoms with van der Waals surface area (Å²) in [4.78, 5) is 0. The van der Waals surface area contributed by atoms with Crippen molar-refractivity contribution in [3.05, 3.63) is 63.7 Å². The molecule has 1 aliphatic carbocycles. The zero-order valence-electron chi connectivity index (χ0n) is 17.2. The number of halogens is 2. The first-order valence-electron chi connectivity index (χ1n) is 9.91. The Bertz CT molecular complexity index is 852. The van der Waals surface area contributed by atoms with Crippen LogP contribution in [-0.2, 0) is 19.4 Å². The topological polar surface area (TPSA) is 0 Å². The first-order chi connectivity index (χ1) is 12.7. The van der Waals surface area contributed by atoms with E-state index in [1.807, 2.05) is 0 Å². The van der Waals surface area contributed by atoms with Gasteiger partial charge in [-0.3, -0.25) is 0 Å². The van der Waals surface area contributed by atoms with Crippen molar-refractivity contribution in [3.63, 3.8) is 0 Å². The van der Waals surface area contributed by atoms with Crippen molar-refractivity contribution in [3.8, 4) is 11.1 Å². The van der Waals surface area contributed by atoms with Gasteiger partial charge in [0.15, 0.2) is 0 Å². The van der Waals surface area contributed by atoms with Crippen LogP contribution < -0.4 is 0 Å². The summed E-state index contributed by atoms with van der Waals surface area (Å²) in [5, 5.41) is 0. The van der Waals surface area contributed by atoms with Gasteiger partial charge < -0.3 is 0 Å². The quantitative estimate of drug-likeness (QED) is 0.402. The van der Waals surface area contributed by atoms with Crippen LogP contribution in [0.4, 0.5) is 0 Å². The Hall–Kier alpha value is -0.357. The summed E-state index contributed by atoms with van der Waals surface area (Å²) in [6, 6.07) is 11.7. The number of aryl methyl sites for hydroxylation is 1. The van der Waals surface area contributed by atoms with E-state index in [4.69, 9.17) is 17.0 Å². The fourth-order valence-corrected chi connectivity index (χ4v) is 9.70. The Morgan fingerprint density at radius 2 is 1.56 bits per heavy atom. The van der Waals surface area contributed by atoms with Crippen LogP contribution >= 0.6 is 17.0 Å². The molecule has 2 aromatic rings. The number of benzene rings is 2. The van der Waals surface area contributed by atoms with E-state index in [1.165, 1.54) is 44.5 Å². The summed E-state index contributed by atoms with van der Waals surface area (Å²) in [7, 11) is 13.2. The van der Waals surface area contributed by atoms with Gasteiger partial charge in [0.1, 0.15) is 0 Å². The maximum atomic E-state index is 6.58. The van der Waals surface area contributed by atoms with Crippen molar-refractivity contribution < 1.29 is 19.4 Å². The average Bonchev–Trinajstić information content (AvgIpc) is 2.99. The van der Waals surface area contributed by atoms with E-state index in [2.05, 4.69) is 78.0 Å². The number of hydrogen-bond acceptors (Lipinski definition) is 0. The number of fused-ring (bicyclic) bond motifs is 1.